The van der Waals surface area contributed by atoms with Gasteiger partial charge in [0.05, 0.1) is 6.54 Å². The first-order valence-electron chi connectivity index (χ1n) is 7.05. The molecule has 0 atom stereocenters. The van der Waals surface area contributed by atoms with Gasteiger partial charge in [0.1, 0.15) is 0 Å². The molecule has 0 aliphatic carbocycles. The molecule has 1 aromatic heterocycles. The summed E-state index contributed by atoms with van der Waals surface area (Å²) in [6.45, 7) is 4.41. The molecule has 0 saturated heterocycles. The van der Waals surface area contributed by atoms with E-state index < -0.39 is 0 Å². The summed E-state index contributed by atoms with van der Waals surface area (Å²) < 4.78 is 5.08. The van der Waals surface area contributed by atoms with Crippen LogP contribution in [0.15, 0.2) is 22.7 Å². The highest BCUT2D eigenvalue weighted by molar-refractivity contribution is 5.56. The van der Waals surface area contributed by atoms with Gasteiger partial charge in [0.15, 0.2) is 5.82 Å². The summed E-state index contributed by atoms with van der Waals surface area (Å²) in [7, 11) is 2.16. The Morgan fingerprint density at radius 3 is 3.05 bits per heavy atom. The molecule has 1 aliphatic heterocycles. The van der Waals surface area contributed by atoms with Crippen LogP contribution in [0, 0.1) is 6.92 Å². The van der Waals surface area contributed by atoms with Gasteiger partial charge in [0, 0.05) is 25.8 Å². The van der Waals surface area contributed by atoms with Crippen molar-refractivity contribution in [2.24, 2.45) is 0 Å². The number of anilines is 1. The van der Waals surface area contributed by atoms with Gasteiger partial charge >= 0.3 is 0 Å². The molecule has 0 radical (unpaired) electrons. The third kappa shape index (κ3) is 2.82. The number of aryl methyl sites for hydroxylation is 2. The van der Waals surface area contributed by atoms with Crippen molar-refractivity contribution in [1.82, 2.24) is 15.5 Å². The minimum absolute atomic E-state index is 0.609. The predicted octanol–water partition coefficient (Wildman–Crippen LogP) is 2.05. The maximum Gasteiger partial charge on any atom is 0.240 e. The van der Waals surface area contributed by atoms with Gasteiger partial charge in [-0.15, -0.1) is 0 Å². The molecule has 20 heavy (non-hydrogen) atoms. The normalized spacial score (nSPS) is 14.4. The molecule has 0 unspecified atom stereocenters. The fraction of sp³-hybridized carbons (Fsp3) is 0.467. The molecular formula is C15H20N4O. The lowest BCUT2D eigenvalue weighted by Gasteiger charge is -2.27. The van der Waals surface area contributed by atoms with Crippen LogP contribution in [-0.2, 0) is 19.5 Å². The summed E-state index contributed by atoms with van der Waals surface area (Å²) in [4.78, 5) is 6.51. The summed E-state index contributed by atoms with van der Waals surface area (Å²) in [5, 5.41) is 7.12. The van der Waals surface area contributed by atoms with Gasteiger partial charge in [-0.05, 0) is 37.0 Å². The van der Waals surface area contributed by atoms with Gasteiger partial charge in [0.25, 0.3) is 0 Å². The molecule has 1 N–H and O–H groups in total. The van der Waals surface area contributed by atoms with Crippen molar-refractivity contribution in [2.45, 2.75) is 32.9 Å². The summed E-state index contributed by atoms with van der Waals surface area (Å²) in [6, 6.07) is 6.71. The van der Waals surface area contributed by atoms with Crippen LogP contribution >= 0.6 is 0 Å². The maximum atomic E-state index is 5.08. The maximum absolute atomic E-state index is 5.08. The molecular weight excluding hydrogens is 252 g/mol. The van der Waals surface area contributed by atoms with Crippen molar-refractivity contribution in [3.8, 4) is 0 Å². The summed E-state index contributed by atoms with van der Waals surface area (Å²) >= 11 is 0. The number of rotatable bonds is 4. The first-order valence-corrected chi connectivity index (χ1v) is 7.05. The number of nitrogens with one attached hydrogen (secondary N) is 1. The lowest BCUT2D eigenvalue weighted by Crippen LogP contribution is -2.24. The predicted molar refractivity (Wildman–Crippen MR) is 77.6 cm³/mol. The van der Waals surface area contributed by atoms with Crippen molar-refractivity contribution < 1.29 is 4.52 Å². The van der Waals surface area contributed by atoms with E-state index in [2.05, 4.69) is 45.6 Å². The Hall–Kier alpha value is -1.88. The fourth-order valence-electron chi connectivity index (χ4n) is 2.67. The largest absolute Gasteiger partial charge is 0.374 e. The van der Waals surface area contributed by atoms with Crippen LogP contribution in [-0.4, -0.2) is 23.7 Å². The minimum atomic E-state index is 0.609. The van der Waals surface area contributed by atoms with Gasteiger partial charge < -0.3 is 14.7 Å². The Morgan fingerprint density at radius 2 is 2.25 bits per heavy atom. The summed E-state index contributed by atoms with van der Waals surface area (Å²) in [5.41, 5.74) is 4.12. The van der Waals surface area contributed by atoms with Crippen molar-refractivity contribution in [1.29, 1.82) is 0 Å². The topological polar surface area (TPSA) is 54.2 Å². The number of nitrogens with zero attached hydrogens (tertiary/aromatic N) is 3. The second kappa shape index (κ2) is 5.63. The lowest BCUT2D eigenvalue weighted by atomic mass is 9.99. The van der Waals surface area contributed by atoms with E-state index in [1.165, 1.54) is 29.7 Å². The zero-order chi connectivity index (χ0) is 13.9. The highest BCUT2D eigenvalue weighted by Crippen LogP contribution is 2.26. The van der Waals surface area contributed by atoms with Crippen LogP contribution in [0.1, 0.15) is 29.3 Å². The SMILES string of the molecule is Cc1noc(CNCc2ccc3c(c2)CCCN3C)n1. The first-order chi connectivity index (χ1) is 9.72. The molecule has 0 amide bonds. The second-order valence-electron chi connectivity index (χ2n) is 5.33. The third-order valence-electron chi connectivity index (χ3n) is 3.67. The van der Waals surface area contributed by atoms with Gasteiger partial charge in [-0.25, -0.2) is 0 Å². The van der Waals surface area contributed by atoms with E-state index in [0.29, 0.717) is 18.3 Å². The highest BCUT2D eigenvalue weighted by Gasteiger charge is 2.13. The molecule has 106 valence electrons. The molecule has 2 aromatic rings. The molecule has 2 heterocycles. The average molecular weight is 272 g/mol. The zero-order valence-electron chi connectivity index (χ0n) is 12.0. The Morgan fingerprint density at radius 1 is 1.35 bits per heavy atom. The second-order valence-corrected chi connectivity index (χ2v) is 5.33. The molecule has 0 saturated carbocycles. The van der Waals surface area contributed by atoms with Crippen LogP contribution < -0.4 is 10.2 Å². The molecule has 3 rings (SSSR count). The number of hydrogen-bond acceptors (Lipinski definition) is 5. The van der Waals surface area contributed by atoms with Gasteiger partial charge in [-0.2, -0.15) is 4.98 Å². The highest BCUT2D eigenvalue weighted by atomic mass is 16.5. The average Bonchev–Trinajstić information content (AvgIpc) is 2.85. The molecule has 0 bridgehead atoms. The third-order valence-corrected chi connectivity index (χ3v) is 3.67. The molecule has 0 spiro atoms. The molecule has 5 heteroatoms. The van der Waals surface area contributed by atoms with E-state index >= 15 is 0 Å². The number of benzene rings is 1. The standard InChI is InChI=1S/C15H20N4O/c1-11-17-15(20-18-11)10-16-9-12-5-6-14-13(8-12)4-3-7-19(14)2/h5-6,8,16H,3-4,7,9-10H2,1-2H3. The quantitative estimate of drug-likeness (QED) is 0.923. The van der Waals surface area contributed by atoms with Gasteiger partial charge in [0.2, 0.25) is 5.89 Å². The van der Waals surface area contributed by atoms with Gasteiger partial charge in [-0.1, -0.05) is 17.3 Å². The fourth-order valence-corrected chi connectivity index (χ4v) is 2.67. The molecule has 1 aromatic carbocycles. The molecule has 5 nitrogen and oxygen atoms in total. The Labute approximate surface area is 119 Å². The number of aromatic nitrogens is 2. The first kappa shape index (κ1) is 13.1. The van der Waals surface area contributed by atoms with E-state index in [9.17, 15) is 0 Å². The van der Waals surface area contributed by atoms with E-state index in [0.717, 1.165) is 13.1 Å². The van der Waals surface area contributed by atoms with Crippen LogP contribution in [0.2, 0.25) is 0 Å². The van der Waals surface area contributed by atoms with Crippen LogP contribution in [0.25, 0.3) is 0 Å². The minimum Gasteiger partial charge on any atom is -0.374 e. The monoisotopic (exact) mass is 272 g/mol. The number of hydrogen-bond donors (Lipinski definition) is 1. The summed E-state index contributed by atoms with van der Waals surface area (Å²) in [5.74, 6) is 1.32. The number of fused-ring (bicyclic) bond motifs is 1. The Balaban J connectivity index is 1.60. The van der Waals surface area contributed by atoms with E-state index in [4.69, 9.17) is 4.52 Å². The lowest BCUT2D eigenvalue weighted by molar-refractivity contribution is 0.364. The van der Waals surface area contributed by atoms with Gasteiger partial charge in [-0.3, -0.25) is 0 Å². The summed E-state index contributed by atoms with van der Waals surface area (Å²) in [6.07, 6.45) is 2.41. The van der Waals surface area contributed by atoms with Crippen LogP contribution in [0.3, 0.4) is 0 Å². The Bertz CT molecular complexity index is 593. The van der Waals surface area contributed by atoms with Crippen molar-refractivity contribution >= 4 is 5.69 Å². The smallest absolute Gasteiger partial charge is 0.240 e. The van der Waals surface area contributed by atoms with E-state index in [1.54, 1.807) is 0 Å². The van der Waals surface area contributed by atoms with Crippen molar-refractivity contribution in [2.75, 3.05) is 18.5 Å². The Kier molecular flexibility index (Phi) is 3.69. The molecule has 0 fully saturated rings. The molecule has 1 aliphatic rings. The van der Waals surface area contributed by atoms with Crippen LogP contribution in [0.5, 0.6) is 0 Å². The van der Waals surface area contributed by atoms with Crippen molar-refractivity contribution in [3.63, 3.8) is 0 Å². The van der Waals surface area contributed by atoms with Crippen molar-refractivity contribution in [3.05, 3.63) is 41.0 Å². The van der Waals surface area contributed by atoms with E-state index in [-0.39, 0.29) is 0 Å². The van der Waals surface area contributed by atoms with E-state index in [1.807, 2.05) is 6.92 Å². The van der Waals surface area contributed by atoms with Crippen LogP contribution in [0.4, 0.5) is 5.69 Å². The zero-order valence-corrected chi connectivity index (χ0v) is 12.0.